The van der Waals surface area contributed by atoms with Crippen LogP contribution >= 0.6 is 0 Å². The first-order valence-electron chi connectivity index (χ1n) is 6.80. The minimum absolute atomic E-state index is 0.0132. The van der Waals surface area contributed by atoms with Gasteiger partial charge in [0, 0.05) is 6.21 Å². The van der Waals surface area contributed by atoms with E-state index in [-0.39, 0.29) is 5.91 Å². The number of nitrogens with zero attached hydrogens (tertiary/aromatic N) is 2. The van der Waals surface area contributed by atoms with Crippen LogP contribution in [-0.4, -0.2) is 36.7 Å². The van der Waals surface area contributed by atoms with Gasteiger partial charge in [0.15, 0.2) is 0 Å². The summed E-state index contributed by atoms with van der Waals surface area (Å²) in [5.74, 6) is 0.554. The molecule has 0 heterocycles. The normalized spacial score (nSPS) is 17.8. The molecule has 0 aromatic rings. The summed E-state index contributed by atoms with van der Waals surface area (Å²) in [5.41, 5.74) is 2.62. The topological polar surface area (TPSA) is 44.7 Å². The van der Waals surface area contributed by atoms with E-state index >= 15 is 0 Å². The van der Waals surface area contributed by atoms with Gasteiger partial charge in [-0.15, -0.1) is 0 Å². The molecule has 1 amide bonds. The molecule has 0 radical (unpaired) electrons. The van der Waals surface area contributed by atoms with E-state index in [0.29, 0.717) is 12.5 Å². The first-order valence-corrected chi connectivity index (χ1v) is 6.80. The van der Waals surface area contributed by atoms with Crippen molar-refractivity contribution in [2.75, 3.05) is 19.6 Å². The van der Waals surface area contributed by atoms with Crippen LogP contribution in [0.15, 0.2) is 5.10 Å². The third kappa shape index (κ3) is 5.82. The fraction of sp³-hybridized carbons (Fsp3) is 0.846. The summed E-state index contributed by atoms with van der Waals surface area (Å²) in [4.78, 5) is 13.6. The number of rotatable bonds is 6. The summed E-state index contributed by atoms with van der Waals surface area (Å²) in [6.45, 7) is 6.35. The van der Waals surface area contributed by atoms with Gasteiger partial charge in [-0.2, -0.15) is 5.10 Å². The second-order valence-electron chi connectivity index (χ2n) is 4.67. The zero-order chi connectivity index (χ0) is 12.5. The number of likely N-dealkylation sites (N-methyl/N-ethyl adjacent to an activating group) is 1. The highest BCUT2D eigenvalue weighted by Crippen LogP contribution is 2.21. The molecule has 0 unspecified atom stereocenters. The molecule has 0 spiro atoms. The molecular formula is C13H25N3O. The molecule has 1 N–H and O–H groups in total. The van der Waals surface area contributed by atoms with Gasteiger partial charge >= 0.3 is 0 Å². The van der Waals surface area contributed by atoms with E-state index in [1.54, 1.807) is 0 Å². The molecule has 98 valence electrons. The van der Waals surface area contributed by atoms with Gasteiger partial charge in [-0.05, 0) is 31.8 Å². The van der Waals surface area contributed by atoms with Crippen molar-refractivity contribution in [3.63, 3.8) is 0 Å². The van der Waals surface area contributed by atoms with E-state index in [2.05, 4.69) is 29.3 Å². The van der Waals surface area contributed by atoms with Crippen molar-refractivity contribution in [2.45, 2.75) is 46.0 Å². The van der Waals surface area contributed by atoms with Gasteiger partial charge in [0.1, 0.15) is 0 Å². The summed E-state index contributed by atoms with van der Waals surface area (Å²) in [5, 5.41) is 4.07. The fourth-order valence-corrected chi connectivity index (χ4v) is 2.18. The van der Waals surface area contributed by atoms with Crippen molar-refractivity contribution < 1.29 is 4.79 Å². The number of hydrazone groups is 1. The van der Waals surface area contributed by atoms with Gasteiger partial charge in [0.25, 0.3) is 5.91 Å². The highest BCUT2D eigenvalue weighted by atomic mass is 16.2. The Kier molecular flexibility index (Phi) is 6.86. The summed E-state index contributed by atoms with van der Waals surface area (Å²) in [7, 11) is 0. The van der Waals surface area contributed by atoms with Crippen LogP contribution in [0.2, 0.25) is 0 Å². The number of amides is 1. The van der Waals surface area contributed by atoms with Crippen LogP contribution in [0.3, 0.4) is 0 Å². The molecule has 0 aromatic carbocycles. The fourth-order valence-electron chi connectivity index (χ4n) is 2.18. The zero-order valence-corrected chi connectivity index (χ0v) is 11.1. The average Bonchev–Trinajstić information content (AvgIpc) is 2.37. The van der Waals surface area contributed by atoms with Crippen molar-refractivity contribution in [3.8, 4) is 0 Å². The average molecular weight is 239 g/mol. The molecule has 4 nitrogen and oxygen atoms in total. The minimum atomic E-state index is -0.0132. The molecule has 4 heteroatoms. The first kappa shape index (κ1) is 14.2. The molecule has 17 heavy (non-hydrogen) atoms. The Labute approximate surface area is 104 Å². The van der Waals surface area contributed by atoms with Gasteiger partial charge < -0.3 is 0 Å². The lowest BCUT2D eigenvalue weighted by atomic mass is 9.90. The van der Waals surface area contributed by atoms with Crippen molar-refractivity contribution in [1.82, 2.24) is 10.3 Å². The van der Waals surface area contributed by atoms with E-state index in [4.69, 9.17) is 0 Å². The maximum Gasteiger partial charge on any atom is 0.254 e. The quantitative estimate of drug-likeness (QED) is 0.569. The Bertz CT molecular complexity index is 243. The van der Waals surface area contributed by atoms with Crippen LogP contribution < -0.4 is 5.43 Å². The van der Waals surface area contributed by atoms with E-state index < -0.39 is 0 Å². The predicted octanol–water partition coefficient (Wildman–Crippen LogP) is 2.01. The number of nitrogens with one attached hydrogen (secondary N) is 1. The number of hydrogen-bond donors (Lipinski definition) is 1. The van der Waals surface area contributed by atoms with Crippen LogP contribution in [0.25, 0.3) is 0 Å². The third-order valence-corrected chi connectivity index (χ3v) is 3.39. The third-order valence-electron chi connectivity index (χ3n) is 3.39. The molecule has 0 saturated heterocycles. The predicted molar refractivity (Wildman–Crippen MR) is 71.0 cm³/mol. The largest absolute Gasteiger partial charge is 0.295 e. The van der Waals surface area contributed by atoms with Crippen molar-refractivity contribution in [1.29, 1.82) is 0 Å². The van der Waals surface area contributed by atoms with Gasteiger partial charge in [0.05, 0.1) is 6.54 Å². The first-order chi connectivity index (χ1) is 8.26. The summed E-state index contributed by atoms with van der Waals surface area (Å²) in [6.07, 6.45) is 8.29. The monoisotopic (exact) mass is 239 g/mol. The Morgan fingerprint density at radius 2 is 1.94 bits per heavy atom. The Morgan fingerprint density at radius 3 is 2.53 bits per heavy atom. The van der Waals surface area contributed by atoms with E-state index in [1.165, 1.54) is 32.1 Å². The smallest absolute Gasteiger partial charge is 0.254 e. The highest BCUT2D eigenvalue weighted by Gasteiger charge is 2.11. The molecule has 0 atom stereocenters. The minimum Gasteiger partial charge on any atom is -0.295 e. The molecule has 1 fully saturated rings. The molecule has 1 rings (SSSR count). The lowest BCUT2D eigenvalue weighted by Crippen LogP contribution is -2.35. The SMILES string of the molecule is CCN(CC)CC(=O)N/N=C/C1CCCCC1. The van der Waals surface area contributed by atoms with Gasteiger partial charge in [0.2, 0.25) is 0 Å². The summed E-state index contributed by atoms with van der Waals surface area (Å²) in [6, 6.07) is 0. The molecule has 0 aliphatic heterocycles. The van der Waals surface area contributed by atoms with Crippen molar-refractivity contribution in [3.05, 3.63) is 0 Å². The molecular weight excluding hydrogens is 214 g/mol. The van der Waals surface area contributed by atoms with Crippen LogP contribution in [0.4, 0.5) is 0 Å². The second-order valence-corrected chi connectivity index (χ2v) is 4.67. The molecule has 1 aliphatic rings. The lowest BCUT2D eigenvalue weighted by Gasteiger charge is -2.17. The number of hydrogen-bond acceptors (Lipinski definition) is 3. The Hall–Kier alpha value is -0.900. The molecule has 0 aromatic heterocycles. The van der Waals surface area contributed by atoms with Gasteiger partial charge in [-0.1, -0.05) is 33.1 Å². The van der Waals surface area contributed by atoms with Crippen LogP contribution in [-0.2, 0) is 4.79 Å². The number of carbonyl (C=O) groups excluding carboxylic acids is 1. The van der Waals surface area contributed by atoms with E-state index in [9.17, 15) is 4.79 Å². The van der Waals surface area contributed by atoms with Crippen LogP contribution in [0.1, 0.15) is 46.0 Å². The zero-order valence-electron chi connectivity index (χ0n) is 11.1. The van der Waals surface area contributed by atoms with Gasteiger partial charge in [-0.3, -0.25) is 9.69 Å². The maximum atomic E-state index is 11.5. The maximum absolute atomic E-state index is 11.5. The second kappa shape index (κ2) is 8.23. The van der Waals surface area contributed by atoms with E-state index in [1.807, 2.05) is 6.21 Å². The number of carbonyl (C=O) groups is 1. The van der Waals surface area contributed by atoms with Crippen molar-refractivity contribution in [2.24, 2.45) is 11.0 Å². The standard InChI is InChI=1S/C13H25N3O/c1-3-16(4-2)11-13(17)15-14-10-12-8-6-5-7-9-12/h10,12H,3-9,11H2,1-2H3,(H,15,17)/b14-10+. The van der Waals surface area contributed by atoms with E-state index in [0.717, 1.165) is 13.1 Å². The summed E-state index contributed by atoms with van der Waals surface area (Å²) >= 11 is 0. The van der Waals surface area contributed by atoms with Crippen LogP contribution in [0, 0.1) is 5.92 Å². The van der Waals surface area contributed by atoms with Crippen molar-refractivity contribution >= 4 is 12.1 Å². The Morgan fingerprint density at radius 1 is 1.29 bits per heavy atom. The molecule has 1 aliphatic carbocycles. The molecule has 0 bridgehead atoms. The lowest BCUT2D eigenvalue weighted by molar-refractivity contribution is -0.122. The van der Waals surface area contributed by atoms with Crippen LogP contribution in [0.5, 0.6) is 0 Å². The summed E-state index contributed by atoms with van der Waals surface area (Å²) < 4.78 is 0. The highest BCUT2D eigenvalue weighted by molar-refractivity contribution is 5.78. The molecule has 1 saturated carbocycles. The Balaban J connectivity index is 2.19. The van der Waals surface area contributed by atoms with Gasteiger partial charge in [-0.25, -0.2) is 5.43 Å².